The molecule has 3 rings (SSSR count). The molecule has 0 bridgehead atoms. The van der Waals surface area contributed by atoms with Crippen molar-refractivity contribution in [1.29, 1.82) is 0 Å². The molecule has 0 aliphatic rings. The van der Waals surface area contributed by atoms with Crippen LogP contribution in [0.5, 0.6) is 0 Å². The van der Waals surface area contributed by atoms with Gasteiger partial charge in [-0.1, -0.05) is 30.3 Å². The van der Waals surface area contributed by atoms with Crippen LogP contribution in [0.3, 0.4) is 0 Å². The van der Waals surface area contributed by atoms with Crippen molar-refractivity contribution in [3.05, 3.63) is 60.3 Å². The highest BCUT2D eigenvalue weighted by molar-refractivity contribution is 5.78. The largest absolute Gasteiger partial charge is 0.383 e. The van der Waals surface area contributed by atoms with E-state index < -0.39 is 11.6 Å². The van der Waals surface area contributed by atoms with Gasteiger partial charge in [0, 0.05) is 18.2 Å². The molecule has 0 amide bonds. The number of hydrogen-bond donors (Lipinski definition) is 1. The van der Waals surface area contributed by atoms with Crippen LogP contribution in [0.2, 0.25) is 0 Å². The number of nitrogen functional groups attached to an aromatic ring is 1. The normalized spacial score (nSPS) is 10.8. The predicted octanol–water partition coefficient (Wildman–Crippen LogP) is 3.61. The quantitative estimate of drug-likeness (QED) is 0.781. The van der Waals surface area contributed by atoms with Gasteiger partial charge >= 0.3 is 0 Å². The monoisotopic (exact) mass is 285 g/mol. The Labute approximate surface area is 120 Å². The summed E-state index contributed by atoms with van der Waals surface area (Å²) < 4.78 is 29.5. The van der Waals surface area contributed by atoms with Gasteiger partial charge in [-0.2, -0.15) is 5.10 Å². The van der Waals surface area contributed by atoms with Gasteiger partial charge in [-0.25, -0.2) is 8.78 Å². The Hall–Kier alpha value is -2.69. The number of benzene rings is 2. The van der Waals surface area contributed by atoms with Gasteiger partial charge in [0.05, 0.1) is 6.20 Å². The van der Waals surface area contributed by atoms with Crippen LogP contribution in [-0.4, -0.2) is 9.78 Å². The van der Waals surface area contributed by atoms with Crippen molar-refractivity contribution in [2.24, 2.45) is 7.05 Å². The topological polar surface area (TPSA) is 43.8 Å². The van der Waals surface area contributed by atoms with Crippen LogP contribution >= 0.6 is 0 Å². The summed E-state index contributed by atoms with van der Waals surface area (Å²) in [4.78, 5) is 0. The maximum atomic E-state index is 14.1. The molecule has 5 heteroatoms. The SMILES string of the molecule is Cn1ncc(-c2cc(F)c(F)c(-c3ccccc3)c2)c1N. The third kappa shape index (κ3) is 2.27. The standard InChI is InChI=1S/C16H13F2N3/c1-21-16(19)13(9-20-21)11-7-12(15(18)14(17)8-11)10-5-3-2-4-6-10/h2-9H,19H2,1H3. The molecule has 1 aromatic heterocycles. The summed E-state index contributed by atoms with van der Waals surface area (Å²) in [5.74, 6) is -1.37. The molecule has 0 aliphatic heterocycles. The predicted molar refractivity (Wildman–Crippen MR) is 78.4 cm³/mol. The molecule has 0 saturated carbocycles. The maximum absolute atomic E-state index is 14.1. The lowest BCUT2D eigenvalue weighted by atomic mass is 9.99. The van der Waals surface area contributed by atoms with Crippen LogP contribution in [0.25, 0.3) is 22.3 Å². The van der Waals surface area contributed by atoms with Gasteiger partial charge in [0.1, 0.15) is 5.82 Å². The van der Waals surface area contributed by atoms with Crippen molar-refractivity contribution >= 4 is 5.82 Å². The van der Waals surface area contributed by atoms with Crippen LogP contribution < -0.4 is 5.73 Å². The Balaban J connectivity index is 2.21. The van der Waals surface area contributed by atoms with E-state index in [1.165, 1.54) is 10.9 Å². The van der Waals surface area contributed by atoms with Gasteiger partial charge in [-0.15, -0.1) is 0 Å². The highest BCUT2D eigenvalue weighted by Gasteiger charge is 2.16. The molecule has 0 radical (unpaired) electrons. The summed E-state index contributed by atoms with van der Waals surface area (Å²) in [6, 6.07) is 11.6. The molecule has 0 atom stereocenters. The third-order valence-electron chi connectivity index (χ3n) is 3.41. The molecule has 3 aromatic rings. The van der Waals surface area contributed by atoms with Crippen molar-refractivity contribution in [1.82, 2.24) is 9.78 Å². The second-order valence-electron chi connectivity index (χ2n) is 4.75. The van der Waals surface area contributed by atoms with E-state index in [0.29, 0.717) is 22.5 Å². The molecule has 3 nitrogen and oxygen atoms in total. The molecule has 0 spiro atoms. The number of anilines is 1. The minimum atomic E-state index is -0.908. The molecular weight excluding hydrogens is 272 g/mol. The van der Waals surface area contributed by atoms with Gasteiger partial charge in [0.25, 0.3) is 0 Å². The number of halogens is 2. The van der Waals surface area contributed by atoms with Crippen molar-refractivity contribution in [3.63, 3.8) is 0 Å². The second-order valence-corrected chi connectivity index (χ2v) is 4.75. The average Bonchev–Trinajstić information content (AvgIpc) is 2.83. The Kier molecular flexibility index (Phi) is 3.17. The van der Waals surface area contributed by atoms with E-state index in [1.807, 2.05) is 6.07 Å². The van der Waals surface area contributed by atoms with Crippen LogP contribution in [0.1, 0.15) is 0 Å². The Bertz CT molecular complexity index is 795. The summed E-state index contributed by atoms with van der Waals surface area (Å²) in [7, 11) is 1.69. The summed E-state index contributed by atoms with van der Waals surface area (Å²) in [5.41, 5.74) is 7.78. The van der Waals surface area contributed by atoms with Crippen molar-refractivity contribution in [3.8, 4) is 22.3 Å². The number of aromatic nitrogens is 2. The molecule has 2 aromatic carbocycles. The Morgan fingerprint density at radius 2 is 1.71 bits per heavy atom. The van der Waals surface area contributed by atoms with E-state index in [0.717, 1.165) is 6.07 Å². The van der Waals surface area contributed by atoms with Gasteiger partial charge in [0.15, 0.2) is 11.6 Å². The zero-order chi connectivity index (χ0) is 15.0. The van der Waals surface area contributed by atoms with Crippen molar-refractivity contribution < 1.29 is 8.78 Å². The zero-order valence-electron chi connectivity index (χ0n) is 11.3. The summed E-state index contributed by atoms with van der Waals surface area (Å²) in [6.07, 6.45) is 1.54. The van der Waals surface area contributed by atoms with Gasteiger partial charge < -0.3 is 5.73 Å². The first kappa shape index (κ1) is 13.3. The van der Waals surface area contributed by atoms with Crippen LogP contribution in [0.15, 0.2) is 48.7 Å². The summed E-state index contributed by atoms with van der Waals surface area (Å²) in [6.45, 7) is 0. The van der Waals surface area contributed by atoms with Crippen molar-refractivity contribution in [2.45, 2.75) is 0 Å². The minimum Gasteiger partial charge on any atom is -0.383 e. The first-order valence-electron chi connectivity index (χ1n) is 6.40. The van der Waals surface area contributed by atoms with E-state index in [2.05, 4.69) is 5.10 Å². The fraction of sp³-hybridized carbons (Fsp3) is 0.0625. The van der Waals surface area contributed by atoms with Crippen molar-refractivity contribution in [2.75, 3.05) is 5.73 Å². The first-order chi connectivity index (χ1) is 10.1. The highest BCUT2D eigenvalue weighted by atomic mass is 19.2. The molecule has 0 unspecified atom stereocenters. The molecule has 0 saturated heterocycles. The second kappa shape index (κ2) is 5.01. The lowest BCUT2D eigenvalue weighted by Gasteiger charge is -2.08. The van der Waals surface area contributed by atoms with Crippen LogP contribution in [0, 0.1) is 11.6 Å². The number of rotatable bonds is 2. The Morgan fingerprint density at radius 3 is 2.33 bits per heavy atom. The maximum Gasteiger partial charge on any atom is 0.166 e. The summed E-state index contributed by atoms with van der Waals surface area (Å²) >= 11 is 0. The number of aryl methyl sites for hydroxylation is 1. The van der Waals surface area contributed by atoms with E-state index >= 15 is 0 Å². The van der Waals surface area contributed by atoms with Crippen LogP contribution in [-0.2, 0) is 7.05 Å². The molecule has 0 fully saturated rings. The Morgan fingerprint density at radius 1 is 1.00 bits per heavy atom. The van der Waals surface area contributed by atoms with E-state index in [9.17, 15) is 8.78 Å². The molecular formula is C16H13F2N3. The van der Waals surface area contributed by atoms with E-state index in [4.69, 9.17) is 5.73 Å². The van der Waals surface area contributed by atoms with E-state index in [1.54, 1.807) is 37.4 Å². The van der Waals surface area contributed by atoms with Gasteiger partial charge in [-0.3, -0.25) is 4.68 Å². The molecule has 2 N–H and O–H groups in total. The number of nitrogens with zero attached hydrogens (tertiary/aromatic N) is 2. The minimum absolute atomic E-state index is 0.203. The lowest BCUT2D eigenvalue weighted by Crippen LogP contribution is -1.98. The molecule has 1 heterocycles. The number of nitrogens with two attached hydrogens (primary N) is 1. The lowest BCUT2D eigenvalue weighted by molar-refractivity contribution is 0.511. The average molecular weight is 285 g/mol. The molecule has 0 aliphatic carbocycles. The van der Waals surface area contributed by atoms with Crippen LogP contribution in [0.4, 0.5) is 14.6 Å². The smallest absolute Gasteiger partial charge is 0.166 e. The fourth-order valence-electron chi connectivity index (χ4n) is 2.24. The van der Waals surface area contributed by atoms with Gasteiger partial charge in [-0.05, 0) is 23.3 Å². The summed E-state index contributed by atoms with van der Waals surface area (Å²) in [5, 5.41) is 4.02. The molecule has 21 heavy (non-hydrogen) atoms. The highest BCUT2D eigenvalue weighted by Crippen LogP contribution is 2.32. The third-order valence-corrected chi connectivity index (χ3v) is 3.41. The number of hydrogen-bond acceptors (Lipinski definition) is 2. The first-order valence-corrected chi connectivity index (χ1v) is 6.40. The van der Waals surface area contributed by atoms with Gasteiger partial charge in [0.2, 0.25) is 0 Å². The molecule has 106 valence electrons. The zero-order valence-corrected chi connectivity index (χ0v) is 11.3. The fourth-order valence-corrected chi connectivity index (χ4v) is 2.24. The van der Waals surface area contributed by atoms with E-state index in [-0.39, 0.29) is 5.56 Å².